The highest BCUT2D eigenvalue weighted by atomic mass is 32.2. The number of para-hydroxylation sites is 1. The van der Waals surface area contributed by atoms with E-state index in [0.29, 0.717) is 5.01 Å². The van der Waals surface area contributed by atoms with Gasteiger partial charge in [-0.25, -0.2) is 9.98 Å². The molecule has 0 N–H and O–H groups in total. The van der Waals surface area contributed by atoms with Gasteiger partial charge in [0.15, 0.2) is 11.7 Å². The van der Waals surface area contributed by atoms with Crippen LogP contribution in [0.25, 0.3) is 11.3 Å². The number of carbonyl (C=O) groups is 1. The molecule has 0 fully saturated rings. The molecule has 1 unspecified atom stereocenters. The minimum atomic E-state index is -0.837. The Balaban J connectivity index is 1.44. The topological polar surface area (TPSA) is 66.1 Å². The molecule has 0 saturated carbocycles. The number of thiazole rings is 1. The van der Waals surface area contributed by atoms with E-state index in [1.165, 1.54) is 28.7 Å². The van der Waals surface area contributed by atoms with Gasteiger partial charge in [-0.05, 0) is 11.6 Å². The molecule has 0 bridgehead atoms. The minimum Gasteiger partial charge on any atom is -0.297 e. The Kier molecular flexibility index (Phi) is 5.91. The van der Waals surface area contributed by atoms with Gasteiger partial charge < -0.3 is 0 Å². The number of hydrogen-bond acceptors (Lipinski definition) is 7. The van der Waals surface area contributed by atoms with Crippen molar-refractivity contribution in [2.75, 3.05) is 5.75 Å². The van der Waals surface area contributed by atoms with Crippen LogP contribution < -0.4 is 0 Å². The second kappa shape index (κ2) is 8.74. The number of ketones is 1. The van der Waals surface area contributed by atoms with Gasteiger partial charge in [0.05, 0.1) is 23.2 Å². The van der Waals surface area contributed by atoms with E-state index in [9.17, 15) is 10.1 Å². The molecule has 4 nitrogen and oxygen atoms in total. The first-order chi connectivity index (χ1) is 13.7. The largest absolute Gasteiger partial charge is 0.297 e. The number of aromatic nitrogens is 1. The summed E-state index contributed by atoms with van der Waals surface area (Å²) in [5.41, 5.74) is 3.94. The van der Waals surface area contributed by atoms with Crippen molar-refractivity contribution in [3.8, 4) is 17.3 Å². The number of thioether (sulfide) groups is 2. The second-order valence-electron chi connectivity index (χ2n) is 6.05. The van der Waals surface area contributed by atoms with Gasteiger partial charge in [0.1, 0.15) is 9.38 Å². The van der Waals surface area contributed by atoms with Gasteiger partial charge in [-0.15, -0.1) is 11.3 Å². The van der Waals surface area contributed by atoms with Gasteiger partial charge >= 0.3 is 0 Å². The molecule has 0 aliphatic carbocycles. The average molecular weight is 422 g/mol. The van der Waals surface area contributed by atoms with Crippen LogP contribution >= 0.6 is 34.9 Å². The predicted octanol–water partition coefficient (Wildman–Crippen LogP) is 5.65. The highest BCUT2D eigenvalue weighted by Gasteiger charge is 2.25. The molecule has 2 heterocycles. The summed E-state index contributed by atoms with van der Waals surface area (Å²) in [6, 6.07) is 19.9. The van der Waals surface area contributed by atoms with E-state index < -0.39 is 5.92 Å². The molecule has 138 valence electrons. The van der Waals surface area contributed by atoms with E-state index in [2.05, 4.69) is 22.1 Å². The fourth-order valence-corrected chi connectivity index (χ4v) is 5.59. The normalized spacial score (nSPS) is 13.9. The van der Waals surface area contributed by atoms with Gasteiger partial charge in [0.2, 0.25) is 0 Å². The van der Waals surface area contributed by atoms with Crippen LogP contribution in [0.1, 0.15) is 16.5 Å². The third kappa shape index (κ3) is 4.20. The highest BCUT2D eigenvalue weighted by Crippen LogP contribution is 2.35. The van der Waals surface area contributed by atoms with E-state index in [1.807, 2.05) is 53.9 Å². The van der Waals surface area contributed by atoms with E-state index >= 15 is 0 Å². The fourth-order valence-electron chi connectivity index (χ4n) is 2.73. The highest BCUT2D eigenvalue weighted by molar-refractivity contribution is 8.38. The van der Waals surface area contributed by atoms with E-state index in [4.69, 9.17) is 0 Å². The maximum absolute atomic E-state index is 12.7. The van der Waals surface area contributed by atoms with Gasteiger partial charge in [0.25, 0.3) is 0 Å². The number of Topliss-reactive ketones (excluding diaryl/α,β-unsaturated/α-hetero) is 1. The molecule has 1 aromatic heterocycles. The summed E-state index contributed by atoms with van der Waals surface area (Å²) in [4.78, 5) is 21.8. The minimum absolute atomic E-state index is 0.136. The van der Waals surface area contributed by atoms with Crippen molar-refractivity contribution in [3.05, 3.63) is 70.5 Å². The lowest BCUT2D eigenvalue weighted by Gasteiger charge is -2.14. The van der Waals surface area contributed by atoms with Crippen molar-refractivity contribution in [2.45, 2.75) is 11.7 Å². The number of nitrogens with zero attached hydrogens (tertiary/aromatic N) is 3. The van der Waals surface area contributed by atoms with Crippen LogP contribution in [-0.4, -0.2) is 20.9 Å². The maximum atomic E-state index is 12.7. The summed E-state index contributed by atoms with van der Waals surface area (Å²) < 4.78 is 0.868. The molecule has 0 amide bonds. The first-order valence-corrected chi connectivity index (χ1v) is 11.4. The third-order valence-electron chi connectivity index (χ3n) is 4.18. The Morgan fingerprint density at radius 1 is 1.18 bits per heavy atom. The summed E-state index contributed by atoms with van der Waals surface area (Å²) in [5.74, 6) is 0.0946. The predicted molar refractivity (Wildman–Crippen MR) is 118 cm³/mol. The fraction of sp³-hybridized carbons (Fsp3) is 0.143. The summed E-state index contributed by atoms with van der Waals surface area (Å²) in [6.45, 7) is 0. The first kappa shape index (κ1) is 18.9. The summed E-state index contributed by atoms with van der Waals surface area (Å²) >= 11 is 4.39. The Hall–Kier alpha value is -2.40. The molecule has 4 rings (SSSR count). The molecule has 1 aliphatic heterocycles. The van der Waals surface area contributed by atoms with Gasteiger partial charge in [0, 0.05) is 16.7 Å². The van der Waals surface area contributed by atoms with Crippen molar-refractivity contribution in [1.82, 2.24) is 4.98 Å². The summed E-state index contributed by atoms with van der Waals surface area (Å²) in [5, 5.41) is 12.0. The van der Waals surface area contributed by atoms with Crippen molar-refractivity contribution in [2.24, 2.45) is 4.99 Å². The van der Waals surface area contributed by atoms with Crippen LogP contribution in [0.2, 0.25) is 0 Å². The summed E-state index contributed by atoms with van der Waals surface area (Å²) in [7, 11) is 0. The lowest BCUT2D eigenvalue weighted by molar-refractivity contribution is -0.116. The number of rotatable bonds is 5. The van der Waals surface area contributed by atoms with E-state index in [0.717, 1.165) is 27.1 Å². The number of aliphatic imine (C=N–C) groups is 1. The Morgan fingerprint density at radius 3 is 2.79 bits per heavy atom. The summed E-state index contributed by atoms with van der Waals surface area (Å²) in [6.07, 6.45) is 0. The lowest BCUT2D eigenvalue weighted by atomic mass is 10.1. The van der Waals surface area contributed by atoms with Crippen LogP contribution in [0.4, 0.5) is 5.69 Å². The molecule has 1 aliphatic rings. The number of carbonyl (C=O) groups excluding carboxylic acids is 1. The van der Waals surface area contributed by atoms with Crippen molar-refractivity contribution in [1.29, 1.82) is 5.26 Å². The molecular weight excluding hydrogens is 406 g/mol. The number of benzene rings is 2. The van der Waals surface area contributed by atoms with Crippen molar-refractivity contribution < 1.29 is 4.79 Å². The smallest absolute Gasteiger partial charge is 0.167 e. The molecule has 7 heteroatoms. The number of nitriles is 1. The molecule has 28 heavy (non-hydrogen) atoms. The van der Waals surface area contributed by atoms with E-state index in [1.54, 1.807) is 11.8 Å². The first-order valence-electron chi connectivity index (χ1n) is 8.60. The third-order valence-corrected chi connectivity index (χ3v) is 7.36. The molecule has 0 saturated heterocycles. The van der Waals surface area contributed by atoms with E-state index in [-0.39, 0.29) is 11.5 Å². The zero-order valence-corrected chi connectivity index (χ0v) is 17.2. The molecule has 2 aromatic carbocycles. The van der Waals surface area contributed by atoms with Crippen LogP contribution in [-0.2, 0) is 10.5 Å². The van der Waals surface area contributed by atoms with Gasteiger partial charge in [-0.1, -0.05) is 72.1 Å². The standard InChI is InChI=1S/C21H15N3OS3/c22-10-16(20-23-18(12-26-20)14-6-2-1-3-7-14)19(25)13-28-21-24-17-9-5-4-8-15(17)11-27-21/h1-9,12,16H,11,13H2. The zero-order valence-electron chi connectivity index (χ0n) is 14.7. The van der Waals surface area contributed by atoms with Gasteiger partial charge in [-0.3, -0.25) is 4.79 Å². The second-order valence-corrected chi connectivity index (χ2v) is 9.13. The van der Waals surface area contributed by atoms with Crippen LogP contribution in [0, 0.1) is 11.3 Å². The zero-order chi connectivity index (χ0) is 19.3. The maximum Gasteiger partial charge on any atom is 0.167 e. The lowest BCUT2D eigenvalue weighted by Crippen LogP contribution is -2.14. The average Bonchev–Trinajstić information content (AvgIpc) is 3.23. The van der Waals surface area contributed by atoms with Crippen molar-refractivity contribution >= 4 is 50.7 Å². The van der Waals surface area contributed by atoms with Gasteiger partial charge in [-0.2, -0.15) is 5.26 Å². The van der Waals surface area contributed by atoms with Crippen LogP contribution in [0.5, 0.6) is 0 Å². The molecular formula is C21H15N3OS3. The molecule has 0 radical (unpaired) electrons. The Morgan fingerprint density at radius 2 is 1.96 bits per heavy atom. The van der Waals surface area contributed by atoms with Crippen molar-refractivity contribution in [3.63, 3.8) is 0 Å². The SMILES string of the molecule is N#CC(C(=O)CSC1=Nc2ccccc2CS1)c1nc(-c2ccccc2)cs1. The molecule has 0 spiro atoms. The molecule has 1 atom stereocenters. The quantitative estimate of drug-likeness (QED) is 0.532. The van der Waals surface area contributed by atoms with Crippen LogP contribution in [0.3, 0.4) is 0 Å². The Labute approximate surface area is 175 Å². The number of hydrogen-bond donors (Lipinski definition) is 0. The van der Waals surface area contributed by atoms with Crippen LogP contribution in [0.15, 0.2) is 65.0 Å². The molecule has 3 aromatic rings. The number of fused-ring (bicyclic) bond motifs is 1. The monoisotopic (exact) mass is 421 g/mol. The Bertz CT molecular complexity index is 1070.